The van der Waals surface area contributed by atoms with E-state index in [2.05, 4.69) is 0 Å². The molecule has 0 aliphatic rings. The SMILES string of the molecule is Cc1ccc(C/C(Cl)=C/CC(=O)O)cc1. The third kappa shape index (κ3) is 4.66. The Hall–Kier alpha value is -1.28. The van der Waals surface area contributed by atoms with Gasteiger partial charge in [-0.3, -0.25) is 4.79 Å². The molecule has 0 radical (unpaired) electrons. The maximum Gasteiger partial charge on any atom is 0.307 e. The topological polar surface area (TPSA) is 37.3 Å². The van der Waals surface area contributed by atoms with Gasteiger partial charge in [0.1, 0.15) is 0 Å². The Balaban J connectivity index is 2.58. The highest BCUT2D eigenvalue weighted by Crippen LogP contribution is 2.13. The van der Waals surface area contributed by atoms with E-state index in [0.29, 0.717) is 11.5 Å². The maximum atomic E-state index is 10.3. The second kappa shape index (κ2) is 5.56. The van der Waals surface area contributed by atoms with Crippen molar-refractivity contribution >= 4 is 17.6 Å². The Kier molecular flexibility index (Phi) is 4.37. The standard InChI is InChI=1S/C12H13ClO2/c1-9-2-4-10(5-3-9)8-11(13)6-7-12(14)15/h2-6H,7-8H2,1H3,(H,14,15)/b11-6-. The first-order valence-electron chi connectivity index (χ1n) is 4.70. The number of carbonyl (C=O) groups is 1. The molecule has 0 spiro atoms. The van der Waals surface area contributed by atoms with Crippen molar-refractivity contribution in [2.75, 3.05) is 0 Å². The average molecular weight is 225 g/mol. The molecule has 1 aromatic rings. The predicted octanol–water partition coefficient (Wildman–Crippen LogP) is 3.13. The second-order valence-corrected chi connectivity index (χ2v) is 3.90. The van der Waals surface area contributed by atoms with Crippen molar-refractivity contribution in [1.82, 2.24) is 0 Å². The van der Waals surface area contributed by atoms with Crippen LogP contribution in [0.15, 0.2) is 35.4 Å². The van der Waals surface area contributed by atoms with E-state index in [-0.39, 0.29) is 6.42 Å². The lowest BCUT2D eigenvalue weighted by molar-refractivity contribution is -0.136. The summed E-state index contributed by atoms with van der Waals surface area (Å²) in [5.41, 5.74) is 2.29. The highest BCUT2D eigenvalue weighted by molar-refractivity contribution is 6.29. The molecule has 0 heterocycles. The van der Waals surface area contributed by atoms with Crippen LogP contribution in [0.25, 0.3) is 0 Å². The molecule has 0 saturated carbocycles. The number of carboxylic acids is 1. The van der Waals surface area contributed by atoms with E-state index >= 15 is 0 Å². The Labute approximate surface area is 94.2 Å². The largest absolute Gasteiger partial charge is 0.481 e. The van der Waals surface area contributed by atoms with Gasteiger partial charge in [-0.05, 0) is 12.5 Å². The Bertz CT molecular complexity index is 366. The van der Waals surface area contributed by atoms with E-state index in [1.165, 1.54) is 11.6 Å². The van der Waals surface area contributed by atoms with Crippen LogP contribution in [-0.2, 0) is 11.2 Å². The molecule has 1 N–H and O–H groups in total. The minimum atomic E-state index is -0.864. The summed E-state index contributed by atoms with van der Waals surface area (Å²) in [6.07, 6.45) is 2.10. The van der Waals surface area contributed by atoms with Gasteiger partial charge >= 0.3 is 5.97 Å². The predicted molar refractivity (Wildman–Crippen MR) is 61.1 cm³/mol. The Morgan fingerprint density at radius 2 is 2.00 bits per heavy atom. The zero-order valence-corrected chi connectivity index (χ0v) is 9.29. The number of hydrogen-bond donors (Lipinski definition) is 1. The van der Waals surface area contributed by atoms with Crippen molar-refractivity contribution in [3.63, 3.8) is 0 Å². The summed E-state index contributed by atoms with van der Waals surface area (Å²) in [7, 11) is 0. The fourth-order valence-corrected chi connectivity index (χ4v) is 1.40. The number of aryl methyl sites for hydroxylation is 1. The number of benzene rings is 1. The van der Waals surface area contributed by atoms with Crippen LogP contribution in [0.4, 0.5) is 0 Å². The molecule has 0 amide bonds. The summed E-state index contributed by atoms with van der Waals surface area (Å²) in [5.74, 6) is -0.864. The zero-order valence-electron chi connectivity index (χ0n) is 8.53. The van der Waals surface area contributed by atoms with Crippen molar-refractivity contribution < 1.29 is 9.90 Å². The molecule has 0 bridgehead atoms. The number of aliphatic carboxylic acids is 1. The molecule has 0 aromatic heterocycles. The van der Waals surface area contributed by atoms with Crippen molar-refractivity contribution in [3.8, 4) is 0 Å². The third-order valence-corrected chi connectivity index (χ3v) is 2.28. The van der Waals surface area contributed by atoms with E-state index in [1.54, 1.807) is 0 Å². The number of carboxylic acid groups (broad SMARTS) is 1. The summed E-state index contributed by atoms with van der Waals surface area (Å²) in [6, 6.07) is 8.01. The fourth-order valence-electron chi connectivity index (χ4n) is 1.17. The van der Waals surface area contributed by atoms with Gasteiger partial charge in [0.2, 0.25) is 0 Å². The van der Waals surface area contributed by atoms with E-state index in [9.17, 15) is 4.79 Å². The van der Waals surface area contributed by atoms with E-state index in [1.807, 2.05) is 31.2 Å². The van der Waals surface area contributed by atoms with Gasteiger partial charge in [0.15, 0.2) is 0 Å². The normalized spacial score (nSPS) is 11.5. The van der Waals surface area contributed by atoms with Crippen molar-refractivity contribution in [2.45, 2.75) is 19.8 Å². The molecule has 1 aromatic carbocycles. The van der Waals surface area contributed by atoms with Gasteiger partial charge in [0.25, 0.3) is 0 Å². The van der Waals surface area contributed by atoms with Crippen LogP contribution in [-0.4, -0.2) is 11.1 Å². The summed E-state index contributed by atoms with van der Waals surface area (Å²) in [5, 5.41) is 9.03. The number of hydrogen-bond acceptors (Lipinski definition) is 1. The summed E-state index contributed by atoms with van der Waals surface area (Å²) >= 11 is 5.90. The lowest BCUT2D eigenvalue weighted by atomic mass is 10.1. The highest BCUT2D eigenvalue weighted by atomic mass is 35.5. The Morgan fingerprint density at radius 1 is 1.40 bits per heavy atom. The molecule has 2 nitrogen and oxygen atoms in total. The van der Waals surface area contributed by atoms with Crippen molar-refractivity contribution in [1.29, 1.82) is 0 Å². The van der Waals surface area contributed by atoms with Crippen LogP contribution in [0.3, 0.4) is 0 Å². The lowest BCUT2D eigenvalue weighted by Crippen LogP contribution is -1.92. The smallest absolute Gasteiger partial charge is 0.307 e. The van der Waals surface area contributed by atoms with Gasteiger partial charge in [-0.2, -0.15) is 0 Å². The van der Waals surface area contributed by atoms with Crippen LogP contribution < -0.4 is 0 Å². The highest BCUT2D eigenvalue weighted by Gasteiger charge is 1.98. The average Bonchev–Trinajstić information content (AvgIpc) is 2.19. The van der Waals surface area contributed by atoms with Gasteiger partial charge in [-0.15, -0.1) is 0 Å². The zero-order chi connectivity index (χ0) is 11.3. The first-order valence-corrected chi connectivity index (χ1v) is 5.07. The molecule has 1 rings (SSSR count). The monoisotopic (exact) mass is 224 g/mol. The molecule has 3 heteroatoms. The molecular weight excluding hydrogens is 212 g/mol. The summed E-state index contributed by atoms with van der Waals surface area (Å²) in [4.78, 5) is 10.3. The first-order chi connectivity index (χ1) is 7.08. The summed E-state index contributed by atoms with van der Waals surface area (Å²) in [6.45, 7) is 2.02. The van der Waals surface area contributed by atoms with Gasteiger partial charge in [-0.25, -0.2) is 0 Å². The van der Waals surface area contributed by atoms with Crippen LogP contribution in [0.1, 0.15) is 17.5 Å². The molecule has 0 aliphatic carbocycles. The molecule has 0 saturated heterocycles. The van der Waals surface area contributed by atoms with Crippen molar-refractivity contribution in [2.24, 2.45) is 0 Å². The molecule has 15 heavy (non-hydrogen) atoms. The fraction of sp³-hybridized carbons (Fsp3) is 0.250. The first kappa shape index (κ1) is 11.8. The maximum absolute atomic E-state index is 10.3. The third-order valence-electron chi connectivity index (χ3n) is 1.99. The van der Waals surface area contributed by atoms with Gasteiger partial charge in [0, 0.05) is 11.5 Å². The molecule has 80 valence electrons. The van der Waals surface area contributed by atoms with Crippen LogP contribution in [0, 0.1) is 6.92 Å². The number of halogens is 1. The van der Waals surface area contributed by atoms with Gasteiger partial charge < -0.3 is 5.11 Å². The molecule has 0 unspecified atom stereocenters. The number of rotatable bonds is 4. The van der Waals surface area contributed by atoms with E-state index < -0.39 is 5.97 Å². The van der Waals surface area contributed by atoms with E-state index in [0.717, 1.165) is 5.56 Å². The minimum absolute atomic E-state index is 0.0231. The Morgan fingerprint density at radius 3 is 2.53 bits per heavy atom. The van der Waals surface area contributed by atoms with Gasteiger partial charge in [-0.1, -0.05) is 47.5 Å². The molecular formula is C12H13ClO2. The quantitative estimate of drug-likeness (QED) is 0.853. The van der Waals surface area contributed by atoms with Gasteiger partial charge in [0.05, 0.1) is 6.42 Å². The van der Waals surface area contributed by atoms with Crippen molar-refractivity contribution in [3.05, 3.63) is 46.5 Å². The van der Waals surface area contributed by atoms with Crippen LogP contribution in [0.2, 0.25) is 0 Å². The molecule has 0 atom stereocenters. The van der Waals surface area contributed by atoms with Crippen LogP contribution >= 0.6 is 11.6 Å². The summed E-state index contributed by atoms with van der Waals surface area (Å²) < 4.78 is 0. The second-order valence-electron chi connectivity index (χ2n) is 3.41. The van der Waals surface area contributed by atoms with E-state index in [4.69, 9.17) is 16.7 Å². The molecule has 0 fully saturated rings. The van der Waals surface area contributed by atoms with Crippen LogP contribution in [0.5, 0.6) is 0 Å². The number of allylic oxidation sites excluding steroid dienone is 1. The molecule has 0 aliphatic heterocycles. The minimum Gasteiger partial charge on any atom is -0.481 e. The lowest BCUT2D eigenvalue weighted by Gasteiger charge is -2.00.